The van der Waals surface area contributed by atoms with Gasteiger partial charge in [0.2, 0.25) is 0 Å². The second-order valence-electron chi connectivity index (χ2n) is 8.17. The van der Waals surface area contributed by atoms with E-state index in [1.54, 1.807) is 0 Å². The van der Waals surface area contributed by atoms with Gasteiger partial charge in [0.15, 0.2) is 0 Å². The number of nitrogens with zero attached hydrogens (tertiary/aromatic N) is 1. The Kier molecular flexibility index (Phi) is 7.00. The molecule has 0 aliphatic heterocycles. The maximum absolute atomic E-state index is 3.80. The summed E-state index contributed by atoms with van der Waals surface area (Å²) in [7, 11) is 0. The summed E-state index contributed by atoms with van der Waals surface area (Å²) in [4.78, 5) is 2.66. The van der Waals surface area contributed by atoms with Gasteiger partial charge in [-0.15, -0.1) is 0 Å². The topological polar surface area (TPSA) is 15.3 Å². The van der Waals surface area contributed by atoms with E-state index >= 15 is 0 Å². The molecule has 0 radical (unpaired) electrons. The summed E-state index contributed by atoms with van der Waals surface area (Å²) in [6.07, 6.45) is 8.51. The largest absolute Gasteiger partial charge is 0.311 e. The van der Waals surface area contributed by atoms with E-state index in [-0.39, 0.29) is 5.54 Å². The average Bonchev–Trinajstić information content (AvgIpc) is 2.59. The van der Waals surface area contributed by atoms with Gasteiger partial charge in [0.25, 0.3) is 0 Å². The molecule has 0 heterocycles. The lowest BCUT2D eigenvalue weighted by molar-refractivity contribution is 0.101. The van der Waals surface area contributed by atoms with Crippen LogP contribution in [0.3, 0.4) is 0 Å². The molecule has 1 aliphatic carbocycles. The van der Waals surface area contributed by atoms with Crippen molar-refractivity contribution < 1.29 is 0 Å². The first-order valence-electron chi connectivity index (χ1n) is 8.77. The van der Waals surface area contributed by atoms with Gasteiger partial charge in [-0.05, 0) is 59.4 Å². The SMILES string of the molecule is CCN(CC1(CNC(C)(C)C)CCCCCC1)C(C)C. The molecule has 0 unspecified atom stereocenters. The molecule has 0 atom stereocenters. The van der Waals surface area contributed by atoms with Crippen LogP contribution in [0.15, 0.2) is 0 Å². The molecule has 1 aliphatic rings. The first kappa shape index (κ1) is 18.0. The predicted molar refractivity (Wildman–Crippen MR) is 90.3 cm³/mol. The van der Waals surface area contributed by atoms with Gasteiger partial charge >= 0.3 is 0 Å². The van der Waals surface area contributed by atoms with Crippen molar-refractivity contribution in [1.82, 2.24) is 10.2 Å². The van der Waals surface area contributed by atoms with Crippen molar-refractivity contribution in [2.75, 3.05) is 19.6 Å². The van der Waals surface area contributed by atoms with Crippen LogP contribution in [0, 0.1) is 5.41 Å². The van der Waals surface area contributed by atoms with Crippen molar-refractivity contribution in [1.29, 1.82) is 0 Å². The first-order chi connectivity index (χ1) is 9.28. The molecule has 1 rings (SSSR count). The van der Waals surface area contributed by atoms with E-state index in [0.717, 1.165) is 0 Å². The molecular weight excluding hydrogens is 244 g/mol. The minimum atomic E-state index is 0.230. The monoisotopic (exact) mass is 282 g/mol. The zero-order valence-corrected chi connectivity index (χ0v) is 14.9. The van der Waals surface area contributed by atoms with Crippen molar-refractivity contribution >= 4 is 0 Å². The second-order valence-corrected chi connectivity index (χ2v) is 8.17. The highest BCUT2D eigenvalue weighted by Gasteiger charge is 2.34. The summed E-state index contributed by atoms with van der Waals surface area (Å²) in [5.41, 5.74) is 0.720. The normalized spacial score (nSPS) is 20.4. The van der Waals surface area contributed by atoms with Gasteiger partial charge in [0.05, 0.1) is 0 Å². The fourth-order valence-electron chi connectivity index (χ4n) is 3.41. The van der Waals surface area contributed by atoms with Crippen LogP contribution in [-0.4, -0.2) is 36.1 Å². The van der Waals surface area contributed by atoms with Crippen LogP contribution >= 0.6 is 0 Å². The Labute approximate surface area is 127 Å². The van der Waals surface area contributed by atoms with Crippen molar-refractivity contribution in [3.8, 4) is 0 Å². The number of nitrogens with one attached hydrogen (secondary N) is 1. The molecule has 1 fully saturated rings. The number of hydrogen-bond acceptors (Lipinski definition) is 2. The minimum absolute atomic E-state index is 0.230. The van der Waals surface area contributed by atoms with Crippen LogP contribution in [0.4, 0.5) is 0 Å². The Hall–Kier alpha value is -0.0800. The fraction of sp³-hybridized carbons (Fsp3) is 1.00. The summed E-state index contributed by atoms with van der Waals surface area (Å²) >= 11 is 0. The van der Waals surface area contributed by atoms with E-state index in [2.05, 4.69) is 51.8 Å². The molecule has 0 spiro atoms. The lowest BCUT2D eigenvalue weighted by Gasteiger charge is -2.41. The summed E-state index contributed by atoms with van der Waals surface area (Å²) in [5, 5.41) is 3.80. The maximum atomic E-state index is 3.80. The summed E-state index contributed by atoms with van der Waals surface area (Å²) in [5.74, 6) is 0. The molecule has 0 aromatic heterocycles. The Morgan fingerprint density at radius 2 is 1.60 bits per heavy atom. The molecule has 0 saturated heterocycles. The second kappa shape index (κ2) is 7.79. The molecule has 0 aromatic rings. The molecule has 120 valence electrons. The molecule has 0 amide bonds. The highest BCUT2D eigenvalue weighted by atomic mass is 15.2. The molecule has 1 saturated carbocycles. The van der Waals surface area contributed by atoms with E-state index in [9.17, 15) is 0 Å². The van der Waals surface area contributed by atoms with Gasteiger partial charge in [-0.25, -0.2) is 0 Å². The molecule has 2 heteroatoms. The van der Waals surface area contributed by atoms with Gasteiger partial charge in [-0.1, -0.05) is 32.6 Å². The van der Waals surface area contributed by atoms with Gasteiger partial charge in [0.1, 0.15) is 0 Å². The van der Waals surface area contributed by atoms with Crippen LogP contribution < -0.4 is 5.32 Å². The van der Waals surface area contributed by atoms with E-state index < -0.39 is 0 Å². The highest BCUT2D eigenvalue weighted by molar-refractivity contribution is 4.89. The Morgan fingerprint density at radius 1 is 1.05 bits per heavy atom. The van der Waals surface area contributed by atoms with Gasteiger partial charge < -0.3 is 10.2 Å². The molecule has 20 heavy (non-hydrogen) atoms. The molecular formula is C18H38N2. The number of hydrogen-bond donors (Lipinski definition) is 1. The third-order valence-corrected chi connectivity index (χ3v) is 4.83. The minimum Gasteiger partial charge on any atom is -0.311 e. The first-order valence-corrected chi connectivity index (χ1v) is 8.77. The standard InChI is InChI=1S/C18H38N2/c1-7-20(16(2)3)15-18(14-19-17(4,5)6)12-10-8-9-11-13-18/h16,19H,7-15H2,1-6H3. The predicted octanol–water partition coefficient (Wildman–Crippen LogP) is 4.45. The van der Waals surface area contributed by atoms with Gasteiger partial charge in [-0.2, -0.15) is 0 Å². The third kappa shape index (κ3) is 6.13. The van der Waals surface area contributed by atoms with Crippen LogP contribution in [0.5, 0.6) is 0 Å². The lowest BCUT2D eigenvalue weighted by Crippen LogP contribution is -2.50. The summed E-state index contributed by atoms with van der Waals surface area (Å²) in [6.45, 7) is 17.5. The molecule has 1 N–H and O–H groups in total. The summed E-state index contributed by atoms with van der Waals surface area (Å²) in [6, 6.07) is 0.662. The van der Waals surface area contributed by atoms with E-state index in [4.69, 9.17) is 0 Å². The van der Waals surface area contributed by atoms with Crippen molar-refractivity contribution in [2.45, 2.75) is 91.6 Å². The maximum Gasteiger partial charge on any atom is 0.00967 e. The third-order valence-electron chi connectivity index (χ3n) is 4.83. The average molecular weight is 283 g/mol. The fourth-order valence-corrected chi connectivity index (χ4v) is 3.41. The van der Waals surface area contributed by atoms with Crippen molar-refractivity contribution in [2.24, 2.45) is 5.41 Å². The lowest BCUT2D eigenvalue weighted by atomic mass is 9.78. The van der Waals surface area contributed by atoms with Crippen LogP contribution in [-0.2, 0) is 0 Å². The van der Waals surface area contributed by atoms with Gasteiger partial charge in [-0.3, -0.25) is 0 Å². The zero-order chi connectivity index (χ0) is 15.2. The molecule has 2 nitrogen and oxygen atoms in total. The Bertz CT molecular complexity index is 257. The van der Waals surface area contributed by atoms with Gasteiger partial charge in [0, 0.05) is 24.7 Å². The van der Waals surface area contributed by atoms with E-state index in [0.29, 0.717) is 11.5 Å². The van der Waals surface area contributed by atoms with Crippen molar-refractivity contribution in [3.05, 3.63) is 0 Å². The quantitative estimate of drug-likeness (QED) is 0.724. The van der Waals surface area contributed by atoms with Crippen molar-refractivity contribution in [3.63, 3.8) is 0 Å². The highest BCUT2D eigenvalue weighted by Crippen LogP contribution is 2.36. The Balaban J connectivity index is 2.76. The molecule has 0 aromatic carbocycles. The smallest absolute Gasteiger partial charge is 0.00967 e. The van der Waals surface area contributed by atoms with Crippen LogP contribution in [0.25, 0.3) is 0 Å². The van der Waals surface area contributed by atoms with E-state index in [1.807, 2.05) is 0 Å². The van der Waals surface area contributed by atoms with Crippen LogP contribution in [0.1, 0.15) is 80.1 Å². The number of rotatable bonds is 6. The van der Waals surface area contributed by atoms with E-state index in [1.165, 1.54) is 58.2 Å². The van der Waals surface area contributed by atoms with Crippen LogP contribution in [0.2, 0.25) is 0 Å². The summed E-state index contributed by atoms with van der Waals surface area (Å²) < 4.78 is 0. The molecule has 0 bridgehead atoms. The zero-order valence-electron chi connectivity index (χ0n) is 14.9. The Morgan fingerprint density at radius 3 is 2.00 bits per heavy atom.